The number of hydrogen-bond acceptors (Lipinski definition) is 3. The maximum atomic E-state index is 12.5. The van der Waals surface area contributed by atoms with Crippen molar-refractivity contribution < 1.29 is 9.59 Å². The number of nitrogens with zero attached hydrogens (tertiary/aromatic N) is 2. The van der Waals surface area contributed by atoms with Gasteiger partial charge in [0, 0.05) is 30.0 Å². The number of amides is 2. The van der Waals surface area contributed by atoms with Crippen molar-refractivity contribution in [2.24, 2.45) is 0 Å². The van der Waals surface area contributed by atoms with Gasteiger partial charge in [-0.15, -0.1) is 0 Å². The Morgan fingerprint density at radius 3 is 2.83 bits per heavy atom. The van der Waals surface area contributed by atoms with Crippen LogP contribution in [0.2, 0.25) is 5.02 Å². The molecule has 2 amide bonds. The van der Waals surface area contributed by atoms with Gasteiger partial charge in [0.25, 0.3) is 0 Å². The summed E-state index contributed by atoms with van der Waals surface area (Å²) in [6.07, 6.45) is 4.95. The van der Waals surface area contributed by atoms with E-state index in [1.165, 1.54) is 0 Å². The zero-order valence-electron chi connectivity index (χ0n) is 13.2. The molecule has 3 rings (SSSR count). The van der Waals surface area contributed by atoms with Crippen LogP contribution >= 0.6 is 11.6 Å². The number of aromatic nitrogens is 2. The third-order valence-electron chi connectivity index (χ3n) is 4.15. The summed E-state index contributed by atoms with van der Waals surface area (Å²) in [5.41, 5.74) is 1.73. The van der Waals surface area contributed by atoms with Gasteiger partial charge in [-0.1, -0.05) is 23.7 Å². The molecule has 0 spiro atoms. The van der Waals surface area contributed by atoms with Gasteiger partial charge in [-0.3, -0.25) is 9.59 Å². The Kier molecular flexibility index (Phi) is 5.15. The van der Waals surface area contributed by atoms with Gasteiger partial charge in [0.1, 0.15) is 6.04 Å². The number of halogens is 1. The average molecular weight is 347 g/mol. The molecule has 2 N–H and O–H groups in total. The first-order chi connectivity index (χ1) is 11.6. The second-order valence-electron chi connectivity index (χ2n) is 5.84. The number of rotatable bonds is 5. The first-order valence-corrected chi connectivity index (χ1v) is 8.30. The van der Waals surface area contributed by atoms with E-state index in [4.69, 9.17) is 11.6 Å². The number of carbonyl (C=O) groups is 2. The third-order valence-corrected chi connectivity index (χ3v) is 4.40. The molecule has 24 heavy (non-hydrogen) atoms. The van der Waals surface area contributed by atoms with Gasteiger partial charge in [-0.05, 0) is 30.5 Å². The number of likely N-dealkylation sites (tertiary alicyclic amines) is 1. The third kappa shape index (κ3) is 3.94. The highest BCUT2D eigenvalue weighted by molar-refractivity contribution is 6.30. The first kappa shape index (κ1) is 16.5. The predicted molar refractivity (Wildman–Crippen MR) is 90.3 cm³/mol. The van der Waals surface area contributed by atoms with Crippen LogP contribution in [-0.4, -0.2) is 39.3 Å². The minimum atomic E-state index is -0.396. The molecule has 1 saturated heterocycles. The van der Waals surface area contributed by atoms with Crippen molar-refractivity contribution in [2.45, 2.75) is 31.8 Å². The molecule has 6 nitrogen and oxygen atoms in total. The molecule has 1 aromatic carbocycles. The SMILES string of the molecule is O=C(NCc1ccc(Cl)cc1)[C@@H]1CCCN1C(=O)Cc1cnc[nH]1. The lowest BCUT2D eigenvalue weighted by Crippen LogP contribution is -2.46. The normalized spacial score (nSPS) is 17.0. The van der Waals surface area contributed by atoms with Gasteiger partial charge >= 0.3 is 0 Å². The summed E-state index contributed by atoms with van der Waals surface area (Å²) in [5, 5.41) is 3.57. The monoisotopic (exact) mass is 346 g/mol. The van der Waals surface area contributed by atoms with Crippen molar-refractivity contribution in [1.82, 2.24) is 20.2 Å². The second kappa shape index (κ2) is 7.49. The number of nitrogens with one attached hydrogen (secondary N) is 2. The lowest BCUT2D eigenvalue weighted by atomic mass is 10.1. The predicted octanol–water partition coefficient (Wildman–Crippen LogP) is 1.91. The molecule has 2 aromatic rings. The number of hydrogen-bond donors (Lipinski definition) is 2. The van der Waals surface area contributed by atoms with Crippen molar-refractivity contribution >= 4 is 23.4 Å². The zero-order chi connectivity index (χ0) is 16.9. The quantitative estimate of drug-likeness (QED) is 0.868. The second-order valence-corrected chi connectivity index (χ2v) is 6.28. The molecule has 1 aliphatic rings. The standard InChI is InChI=1S/C17H19ClN4O2/c18-13-5-3-12(4-6-13)9-20-17(24)15-2-1-7-22(15)16(23)8-14-10-19-11-21-14/h3-6,10-11,15H,1-2,7-9H2,(H,19,21)(H,20,24)/t15-/m0/s1. The van der Waals surface area contributed by atoms with E-state index >= 15 is 0 Å². The van der Waals surface area contributed by atoms with Gasteiger partial charge in [0.15, 0.2) is 0 Å². The average Bonchev–Trinajstić information content (AvgIpc) is 3.25. The lowest BCUT2D eigenvalue weighted by molar-refractivity contribution is -0.138. The summed E-state index contributed by atoms with van der Waals surface area (Å²) in [6.45, 7) is 1.04. The van der Waals surface area contributed by atoms with Crippen LogP contribution < -0.4 is 5.32 Å². The van der Waals surface area contributed by atoms with Gasteiger partial charge in [-0.2, -0.15) is 0 Å². The largest absolute Gasteiger partial charge is 0.350 e. The molecule has 1 atom stereocenters. The van der Waals surface area contributed by atoms with Crippen LogP contribution in [0, 0.1) is 0 Å². The fraction of sp³-hybridized carbons (Fsp3) is 0.353. The minimum Gasteiger partial charge on any atom is -0.350 e. The Morgan fingerprint density at radius 1 is 1.33 bits per heavy atom. The van der Waals surface area contributed by atoms with E-state index in [-0.39, 0.29) is 18.2 Å². The van der Waals surface area contributed by atoms with Crippen LogP contribution in [0.15, 0.2) is 36.8 Å². The number of carbonyl (C=O) groups excluding carboxylic acids is 2. The van der Waals surface area contributed by atoms with Crippen LogP contribution in [0.3, 0.4) is 0 Å². The maximum Gasteiger partial charge on any atom is 0.243 e. The molecule has 1 aromatic heterocycles. The van der Waals surface area contributed by atoms with Crippen LogP contribution in [0.4, 0.5) is 0 Å². The van der Waals surface area contributed by atoms with Crippen LogP contribution in [-0.2, 0) is 22.6 Å². The fourth-order valence-corrected chi connectivity index (χ4v) is 3.02. The summed E-state index contributed by atoms with van der Waals surface area (Å²) in [6, 6.07) is 6.93. The van der Waals surface area contributed by atoms with E-state index in [0.717, 1.165) is 17.7 Å². The van der Waals surface area contributed by atoms with Crippen LogP contribution in [0.5, 0.6) is 0 Å². The van der Waals surface area contributed by atoms with E-state index in [0.29, 0.717) is 24.5 Å². The molecule has 0 radical (unpaired) electrons. The Morgan fingerprint density at radius 2 is 2.12 bits per heavy atom. The molecule has 2 heterocycles. The number of H-pyrrole nitrogens is 1. The van der Waals surface area contributed by atoms with E-state index in [1.807, 2.05) is 12.1 Å². The van der Waals surface area contributed by atoms with Gasteiger partial charge in [-0.25, -0.2) is 4.98 Å². The van der Waals surface area contributed by atoms with E-state index in [9.17, 15) is 9.59 Å². The molecule has 126 valence electrons. The van der Waals surface area contributed by atoms with Crippen molar-refractivity contribution in [1.29, 1.82) is 0 Å². The Balaban J connectivity index is 1.56. The molecule has 0 saturated carbocycles. The van der Waals surface area contributed by atoms with Crippen molar-refractivity contribution in [3.05, 3.63) is 53.1 Å². The van der Waals surface area contributed by atoms with Crippen molar-refractivity contribution in [3.63, 3.8) is 0 Å². The van der Waals surface area contributed by atoms with E-state index < -0.39 is 6.04 Å². The summed E-state index contributed by atoms with van der Waals surface area (Å²) in [4.78, 5) is 33.4. The molecule has 1 fully saturated rings. The summed E-state index contributed by atoms with van der Waals surface area (Å²) >= 11 is 5.85. The molecule has 1 aliphatic heterocycles. The van der Waals surface area contributed by atoms with Gasteiger partial charge in [0.2, 0.25) is 11.8 Å². The number of benzene rings is 1. The Hall–Kier alpha value is -2.34. The smallest absolute Gasteiger partial charge is 0.243 e. The van der Waals surface area contributed by atoms with Crippen LogP contribution in [0.1, 0.15) is 24.1 Å². The molecule has 7 heteroatoms. The van der Waals surface area contributed by atoms with Gasteiger partial charge < -0.3 is 15.2 Å². The Labute approximate surface area is 145 Å². The molecule has 0 unspecified atom stereocenters. The fourth-order valence-electron chi connectivity index (χ4n) is 2.89. The zero-order valence-corrected chi connectivity index (χ0v) is 13.9. The topological polar surface area (TPSA) is 78.1 Å². The summed E-state index contributed by atoms with van der Waals surface area (Å²) < 4.78 is 0. The highest BCUT2D eigenvalue weighted by Crippen LogP contribution is 2.19. The number of imidazole rings is 1. The van der Waals surface area contributed by atoms with E-state index in [2.05, 4.69) is 15.3 Å². The van der Waals surface area contributed by atoms with Crippen molar-refractivity contribution in [2.75, 3.05) is 6.54 Å². The molecular formula is C17H19ClN4O2. The summed E-state index contributed by atoms with van der Waals surface area (Å²) in [5.74, 6) is -0.163. The van der Waals surface area contributed by atoms with E-state index in [1.54, 1.807) is 29.6 Å². The van der Waals surface area contributed by atoms with Crippen LogP contribution in [0.25, 0.3) is 0 Å². The summed E-state index contributed by atoms with van der Waals surface area (Å²) in [7, 11) is 0. The first-order valence-electron chi connectivity index (χ1n) is 7.92. The lowest BCUT2D eigenvalue weighted by Gasteiger charge is -2.23. The minimum absolute atomic E-state index is 0.0524. The maximum absolute atomic E-state index is 12.5. The molecular weight excluding hydrogens is 328 g/mol. The van der Waals surface area contributed by atoms with Crippen molar-refractivity contribution in [3.8, 4) is 0 Å². The highest BCUT2D eigenvalue weighted by atomic mass is 35.5. The molecule has 0 bridgehead atoms. The van der Waals surface area contributed by atoms with Gasteiger partial charge in [0.05, 0.1) is 12.7 Å². The number of aromatic amines is 1. The Bertz CT molecular complexity index is 700. The highest BCUT2D eigenvalue weighted by Gasteiger charge is 2.33. The molecule has 0 aliphatic carbocycles.